The van der Waals surface area contributed by atoms with Crippen molar-refractivity contribution in [3.05, 3.63) is 63.9 Å². The summed E-state index contributed by atoms with van der Waals surface area (Å²) in [4.78, 5) is 31.8. The van der Waals surface area contributed by atoms with Crippen LogP contribution in [-0.4, -0.2) is 35.2 Å². The summed E-state index contributed by atoms with van der Waals surface area (Å²) in [5, 5.41) is 0.155. The van der Waals surface area contributed by atoms with E-state index in [2.05, 4.69) is 9.88 Å². The van der Waals surface area contributed by atoms with Gasteiger partial charge in [0.1, 0.15) is 23.0 Å². The van der Waals surface area contributed by atoms with E-state index in [-0.39, 0.29) is 28.9 Å². The minimum atomic E-state index is -0.835. The summed E-state index contributed by atoms with van der Waals surface area (Å²) in [5.41, 5.74) is -0.609. The van der Waals surface area contributed by atoms with Crippen molar-refractivity contribution in [3.8, 4) is 5.69 Å². The van der Waals surface area contributed by atoms with E-state index in [4.69, 9.17) is 4.74 Å². The lowest BCUT2D eigenvalue weighted by Crippen LogP contribution is -2.23. The number of carbonyl (C=O) groups excluding carboxylic acids is 1. The predicted octanol–water partition coefficient (Wildman–Crippen LogP) is 3.44. The Morgan fingerprint density at radius 2 is 1.93 bits per heavy atom. The number of rotatable bonds is 4. The highest BCUT2D eigenvalue weighted by molar-refractivity contribution is 5.93. The molecule has 3 heterocycles. The fraction of sp³-hybridized carbons (Fsp3) is 0.286. The number of halogens is 2. The topological polar surface area (TPSA) is 64.4 Å². The summed E-state index contributed by atoms with van der Waals surface area (Å²) in [5.74, 6) is -1.71. The Kier molecular flexibility index (Phi) is 5.00. The smallest absolute Gasteiger partial charge is 0.343 e. The minimum Gasteiger partial charge on any atom is -0.462 e. The Morgan fingerprint density at radius 1 is 1.17 bits per heavy atom. The van der Waals surface area contributed by atoms with Gasteiger partial charge in [0.25, 0.3) is 0 Å². The standard InChI is InChI=1S/C21H19F2N3O3/c1-2-29-21(28)15-12-26(17-7-5-13(22)11-16(17)23)20-14(19(15)27)6-8-18(24-20)25-9-3-4-10-25/h5-8,11-12H,2-4,9-10H2,1H3. The highest BCUT2D eigenvalue weighted by Crippen LogP contribution is 2.24. The van der Waals surface area contributed by atoms with Gasteiger partial charge in [-0.2, -0.15) is 0 Å². The Morgan fingerprint density at radius 3 is 2.62 bits per heavy atom. The number of hydrogen-bond donors (Lipinski definition) is 0. The summed E-state index contributed by atoms with van der Waals surface area (Å²) >= 11 is 0. The molecule has 3 aromatic rings. The first kappa shape index (κ1) is 19.0. The van der Waals surface area contributed by atoms with Gasteiger partial charge in [0.15, 0.2) is 5.65 Å². The summed E-state index contributed by atoms with van der Waals surface area (Å²) in [6.45, 7) is 3.40. The zero-order valence-electron chi connectivity index (χ0n) is 15.8. The molecule has 1 aliphatic rings. The molecule has 0 radical (unpaired) electrons. The largest absolute Gasteiger partial charge is 0.462 e. The normalized spacial score (nSPS) is 13.8. The summed E-state index contributed by atoms with van der Waals surface area (Å²) in [6.07, 6.45) is 3.29. The molecule has 8 heteroatoms. The molecule has 0 amide bonds. The number of anilines is 1. The lowest BCUT2D eigenvalue weighted by Gasteiger charge is -2.19. The highest BCUT2D eigenvalue weighted by Gasteiger charge is 2.21. The Balaban J connectivity index is 2.00. The molecular formula is C21H19F2N3O3. The number of esters is 1. The van der Waals surface area contributed by atoms with Crippen LogP contribution in [0.2, 0.25) is 0 Å². The number of ether oxygens (including phenoxy) is 1. The molecule has 0 spiro atoms. The van der Waals surface area contributed by atoms with Gasteiger partial charge in [-0.15, -0.1) is 0 Å². The van der Waals surface area contributed by atoms with Crippen molar-refractivity contribution in [1.82, 2.24) is 9.55 Å². The van der Waals surface area contributed by atoms with Crippen LogP contribution in [0.15, 0.2) is 41.3 Å². The molecule has 1 fully saturated rings. The van der Waals surface area contributed by atoms with Crippen molar-refractivity contribution < 1.29 is 18.3 Å². The maximum absolute atomic E-state index is 14.6. The van der Waals surface area contributed by atoms with Crippen LogP contribution in [0.1, 0.15) is 30.1 Å². The van der Waals surface area contributed by atoms with Crippen LogP contribution >= 0.6 is 0 Å². The van der Waals surface area contributed by atoms with Crippen LogP contribution in [0.3, 0.4) is 0 Å². The van der Waals surface area contributed by atoms with E-state index in [9.17, 15) is 18.4 Å². The average Bonchev–Trinajstić information content (AvgIpc) is 3.24. The van der Waals surface area contributed by atoms with E-state index in [0.717, 1.165) is 38.1 Å². The molecule has 0 saturated carbocycles. The minimum absolute atomic E-state index is 0.0204. The molecule has 4 rings (SSSR count). The second-order valence-electron chi connectivity index (χ2n) is 6.79. The third kappa shape index (κ3) is 3.46. The molecule has 0 bridgehead atoms. The fourth-order valence-corrected chi connectivity index (χ4v) is 3.53. The second kappa shape index (κ2) is 7.62. The highest BCUT2D eigenvalue weighted by atomic mass is 19.1. The van der Waals surface area contributed by atoms with Crippen molar-refractivity contribution in [1.29, 1.82) is 0 Å². The van der Waals surface area contributed by atoms with Crippen LogP contribution in [0, 0.1) is 11.6 Å². The number of benzene rings is 1. The molecule has 1 saturated heterocycles. The third-order valence-corrected chi connectivity index (χ3v) is 4.93. The van der Waals surface area contributed by atoms with Gasteiger partial charge >= 0.3 is 5.97 Å². The number of pyridine rings is 2. The van der Waals surface area contributed by atoms with E-state index < -0.39 is 23.0 Å². The van der Waals surface area contributed by atoms with Crippen LogP contribution in [-0.2, 0) is 4.74 Å². The van der Waals surface area contributed by atoms with Gasteiger partial charge in [-0.1, -0.05) is 0 Å². The van der Waals surface area contributed by atoms with E-state index >= 15 is 0 Å². The van der Waals surface area contributed by atoms with Crippen molar-refractivity contribution in [2.45, 2.75) is 19.8 Å². The molecule has 2 aromatic heterocycles. The van der Waals surface area contributed by atoms with Gasteiger partial charge in [-0.05, 0) is 44.0 Å². The Bertz CT molecular complexity index is 1150. The van der Waals surface area contributed by atoms with E-state index in [1.165, 1.54) is 16.8 Å². The van der Waals surface area contributed by atoms with Crippen molar-refractivity contribution >= 4 is 22.8 Å². The zero-order valence-corrected chi connectivity index (χ0v) is 15.8. The fourth-order valence-electron chi connectivity index (χ4n) is 3.53. The van der Waals surface area contributed by atoms with E-state index in [0.29, 0.717) is 5.82 Å². The molecular weight excluding hydrogens is 380 g/mol. The molecule has 1 aliphatic heterocycles. The van der Waals surface area contributed by atoms with Gasteiger partial charge in [-0.25, -0.2) is 18.6 Å². The first-order valence-electron chi connectivity index (χ1n) is 9.43. The van der Waals surface area contributed by atoms with Gasteiger partial charge in [0.05, 0.1) is 17.7 Å². The lowest BCUT2D eigenvalue weighted by molar-refractivity contribution is 0.0524. The molecule has 0 unspecified atom stereocenters. The van der Waals surface area contributed by atoms with Crippen LogP contribution < -0.4 is 10.3 Å². The molecule has 0 aliphatic carbocycles. The maximum atomic E-state index is 14.6. The zero-order chi connectivity index (χ0) is 20.5. The van der Waals surface area contributed by atoms with E-state index in [1.54, 1.807) is 19.1 Å². The number of fused-ring (bicyclic) bond motifs is 1. The SMILES string of the molecule is CCOC(=O)c1cn(-c2ccc(F)cc2F)c2nc(N3CCCC3)ccc2c1=O. The monoisotopic (exact) mass is 399 g/mol. The number of carbonyl (C=O) groups is 1. The van der Waals surface area contributed by atoms with Crippen molar-refractivity contribution in [3.63, 3.8) is 0 Å². The van der Waals surface area contributed by atoms with Gasteiger partial charge < -0.3 is 9.64 Å². The van der Waals surface area contributed by atoms with Crippen LogP contribution in [0.5, 0.6) is 0 Å². The predicted molar refractivity (Wildman–Crippen MR) is 105 cm³/mol. The van der Waals surface area contributed by atoms with Gasteiger partial charge in [0, 0.05) is 25.4 Å². The summed E-state index contributed by atoms with van der Waals surface area (Å²) in [6, 6.07) is 6.40. The molecule has 0 atom stereocenters. The second-order valence-corrected chi connectivity index (χ2v) is 6.79. The molecule has 6 nitrogen and oxygen atoms in total. The first-order valence-corrected chi connectivity index (χ1v) is 9.43. The van der Waals surface area contributed by atoms with Crippen LogP contribution in [0.4, 0.5) is 14.6 Å². The first-order chi connectivity index (χ1) is 14.0. The lowest BCUT2D eigenvalue weighted by atomic mass is 10.1. The summed E-state index contributed by atoms with van der Waals surface area (Å²) < 4.78 is 34.2. The van der Waals surface area contributed by atoms with Gasteiger partial charge in [0.2, 0.25) is 5.43 Å². The molecule has 150 valence electrons. The quantitative estimate of drug-likeness (QED) is 0.629. The van der Waals surface area contributed by atoms with Gasteiger partial charge in [-0.3, -0.25) is 9.36 Å². The molecule has 0 N–H and O–H groups in total. The maximum Gasteiger partial charge on any atom is 0.343 e. The molecule has 29 heavy (non-hydrogen) atoms. The summed E-state index contributed by atoms with van der Waals surface area (Å²) in [7, 11) is 0. The Labute approximate surface area is 165 Å². The third-order valence-electron chi connectivity index (χ3n) is 4.93. The Hall–Kier alpha value is -3.29. The van der Waals surface area contributed by atoms with Crippen molar-refractivity contribution in [2.24, 2.45) is 0 Å². The van der Waals surface area contributed by atoms with E-state index in [1.807, 2.05) is 0 Å². The number of aromatic nitrogens is 2. The van der Waals surface area contributed by atoms with Crippen molar-refractivity contribution in [2.75, 3.05) is 24.6 Å². The van der Waals surface area contributed by atoms with Crippen LogP contribution in [0.25, 0.3) is 16.7 Å². The number of hydrogen-bond acceptors (Lipinski definition) is 5. The number of nitrogens with zero attached hydrogens (tertiary/aromatic N) is 3. The average molecular weight is 399 g/mol. The molecule has 1 aromatic carbocycles.